The summed E-state index contributed by atoms with van der Waals surface area (Å²) >= 11 is 1.32. The van der Waals surface area contributed by atoms with Crippen molar-refractivity contribution >= 4 is 23.3 Å². The SMILES string of the molecule is Cc1cc(C[n+]2cnn(C[C@](O)(c3ccc(F)cc3F)[C@@H](C)c3nc(-c4ccc(C#N)cc4)cs3)c2)cc(C)c1OC(=O)CNC(C)C.O=C(O)C(F)(F)F.[Br-]. The number of halogens is 6. The summed E-state index contributed by atoms with van der Waals surface area (Å²) in [6, 6.07) is 16.3. The van der Waals surface area contributed by atoms with Gasteiger partial charge < -0.3 is 37.2 Å². The van der Waals surface area contributed by atoms with Gasteiger partial charge in [-0.15, -0.1) is 16.0 Å². The molecule has 0 saturated carbocycles. The van der Waals surface area contributed by atoms with Crippen molar-refractivity contribution in [2.24, 2.45) is 0 Å². The number of benzene rings is 3. The Kier molecular flexibility index (Phi) is 15.5. The highest BCUT2D eigenvalue weighted by molar-refractivity contribution is 7.10. The lowest BCUT2D eigenvalue weighted by molar-refractivity contribution is -0.689. The fraction of sp³-hybridized carbons (Fsp3) is 0.316. The Bertz CT molecular complexity index is 2170. The minimum Gasteiger partial charge on any atom is -1.00 e. The van der Waals surface area contributed by atoms with E-state index in [0.717, 1.165) is 34.4 Å². The smallest absolute Gasteiger partial charge is 0.490 e. The number of aliphatic hydroxyl groups is 1. The lowest BCUT2D eigenvalue weighted by atomic mass is 9.82. The number of carboxylic acid groups (broad SMARTS) is 1. The lowest BCUT2D eigenvalue weighted by Crippen LogP contribution is -3.00. The molecule has 0 saturated heterocycles. The maximum atomic E-state index is 15.3. The first-order valence-electron chi connectivity index (χ1n) is 16.7. The van der Waals surface area contributed by atoms with Gasteiger partial charge in [-0.25, -0.2) is 23.1 Å². The molecule has 0 aliphatic heterocycles. The number of aryl methyl sites for hydroxylation is 2. The molecule has 2 heterocycles. The van der Waals surface area contributed by atoms with Crippen molar-refractivity contribution in [3.8, 4) is 23.1 Å². The van der Waals surface area contributed by atoms with Gasteiger partial charge in [-0.1, -0.05) is 39.0 Å². The van der Waals surface area contributed by atoms with Crippen molar-refractivity contribution in [2.75, 3.05) is 6.54 Å². The molecule has 2 aromatic heterocycles. The van der Waals surface area contributed by atoms with Crippen molar-refractivity contribution < 1.29 is 68.0 Å². The molecule has 18 heteroatoms. The summed E-state index contributed by atoms with van der Waals surface area (Å²) < 4.78 is 70.0. The van der Waals surface area contributed by atoms with Gasteiger partial charge in [0.15, 0.2) is 0 Å². The number of nitrogens with one attached hydrogen (secondary N) is 1. The number of carbonyl (C=O) groups is 2. The van der Waals surface area contributed by atoms with E-state index >= 15 is 4.39 Å². The second-order valence-corrected chi connectivity index (χ2v) is 13.9. The number of alkyl halides is 3. The number of hydrogen-bond acceptors (Lipinski definition) is 9. The van der Waals surface area contributed by atoms with E-state index in [1.807, 2.05) is 49.8 Å². The Morgan fingerprint density at radius 2 is 1.68 bits per heavy atom. The molecule has 0 aliphatic carbocycles. The third-order valence-corrected chi connectivity index (χ3v) is 9.37. The van der Waals surface area contributed by atoms with Gasteiger partial charge in [0.2, 0.25) is 6.33 Å². The third-order valence-electron chi connectivity index (χ3n) is 8.35. The number of ether oxygens (including phenoxy) is 1. The quantitative estimate of drug-likeness (QED) is 0.0743. The van der Waals surface area contributed by atoms with E-state index < -0.39 is 35.3 Å². The fourth-order valence-corrected chi connectivity index (χ4v) is 6.52. The van der Waals surface area contributed by atoms with Crippen LogP contribution in [0.2, 0.25) is 0 Å². The molecule has 56 heavy (non-hydrogen) atoms. The van der Waals surface area contributed by atoms with Gasteiger partial charge in [-0.3, -0.25) is 4.79 Å². The van der Waals surface area contributed by atoms with E-state index in [4.69, 9.17) is 24.9 Å². The van der Waals surface area contributed by atoms with E-state index in [-0.39, 0.29) is 47.6 Å². The molecule has 0 amide bonds. The Hall–Kier alpha value is -5.09. The van der Waals surface area contributed by atoms with Crippen LogP contribution in [0.1, 0.15) is 59.5 Å². The molecule has 3 N–H and O–H groups in total. The topological polar surface area (TPSA) is 154 Å². The van der Waals surface area contributed by atoms with Crippen LogP contribution in [-0.4, -0.2) is 55.7 Å². The summed E-state index contributed by atoms with van der Waals surface area (Å²) in [6.45, 7) is 9.83. The number of nitriles is 1. The van der Waals surface area contributed by atoms with Gasteiger partial charge in [0.25, 0.3) is 6.33 Å². The van der Waals surface area contributed by atoms with E-state index in [9.17, 15) is 27.5 Å². The minimum absolute atomic E-state index is 0. The highest BCUT2D eigenvalue weighted by atomic mass is 79.9. The van der Waals surface area contributed by atoms with Crippen LogP contribution < -0.4 is 31.6 Å². The summed E-state index contributed by atoms with van der Waals surface area (Å²) in [7, 11) is 0. The molecule has 11 nitrogen and oxygen atoms in total. The zero-order chi connectivity index (χ0) is 40.7. The van der Waals surface area contributed by atoms with Crippen LogP contribution in [0.4, 0.5) is 22.0 Å². The summed E-state index contributed by atoms with van der Waals surface area (Å²) in [5.74, 6) is -4.93. The lowest BCUT2D eigenvalue weighted by Gasteiger charge is -2.32. The number of carboxylic acids is 1. The first kappa shape index (κ1) is 45.3. The van der Waals surface area contributed by atoms with Crippen molar-refractivity contribution in [1.82, 2.24) is 20.1 Å². The van der Waals surface area contributed by atoms with E-state index in [2.05, 4.69) is 16.5 Å². The number of rotatable bonds is 12. The molecular weight excluding hydrogens is 827 g/mol. The fourth-order valence-electron chi connectivity index (χ4n) is 5.55. The number of aromatic nitrogens is 4. The average Bonchev–Trinajstić information content (AvgIpc) is 3.78. The van der Waals surface area contributed by atoms with Gasteiger partial charge in [-0.05, 0) is 60.9 Å². The number of nitrogens with zero attached hydrogens (tertiary/aromatic N) is 5. The third kappa shape index (κ3) is 11.7. The first-order chi connectivity index (χ1) is 25.8. The first-order valence-corrected chi connectivity index (χ1v) is 17.6. The molecule has 298 valence electrons. The molecule has 3 aromatic carbocycles. The number of esters is 1. The van der Waals surface area contributed by atoms with Crippen LogP contribution >= 0.6 is 11.3 Å². The van der Waals surface area contributed by atoms with Crippen LogP contribution in [0.3, 0.4) is 0 Å². The summed E-state index contributed by atoms with van der Waals surface area (Å²) in [5, 5.41) is 38.4. The Morgan fingerprint density at radius 1 is 1.05 bits per heavy atom. The molecule has 5 rings (SSSR count). The normalized spacial score (nSPS) is 12.8. The summed E-state index contributed by atoms with van der Waals surface area (Å²) in [4.78, 5) is 25.9. The van der Waals surface area contributed by atoms with Crippen LogP contribution in [0.25, 0.3) is 11.3 Å². The van der Waals surface area contributed by atoms with Crippen molar-refractivity contribution in [2.45, 2.75) is 71.4 Å². The number of aliphatic carboxylic acids is 1. The molecule has 0 radical (unpaired) electrons. The summed E-state index contributed by atoms with van der Waals surface area (Å²) in [6.07, 6.45) is -1.77. The Morgan fingerprint density at radius 3 is 2.23 bits per heavy atom. The maximum absolute atomic E-state index is 15.3. The maximum Gasteiger partial charge on any atom is 0.490 e. The van der Waals surface area contributed by atoms with Crippen molar-refractivity contribution in [1.29, 1.82) is 5.26 Å². The highest BCUT2D eigenvalue weighted by Crippen LogP contribution is 2.41. The van der Waals surface area contributed by atoms with Gasteiger partial charge in [0.1, 0.15) is 29.5 Å². The Labute approximate surface area is 333 Å². The predicted molar refractivity (Wildman–Crippen MR) is 191 cm³/mol. The number of thiazole rings is 1. The van der Waals surface area contributed by atoms with Crippen LogP contribution in [0, 0.1) is 36.8 Å². The highest BCUT2D eigenvalue weighted by Gasteiger charge is 2.43. The average molecular weight is 866 g/mol. The van der Waals surface area contributed by atoms with Crippen molar-refractivity contribution in [3.63, 3.8) is 0 Å². The van der Waals surface area contributed by atoms with E-state index in [1.165, 1.54) is 22.1 Å². The number of hydrogen-bond donors (Lipinski definition) is 3. The summed E-state index contributed by atoms with van der Waals surface area (Å²) in [5.41, 5.74) is 2.62. The minimum atomic E-state index is -5.08. The van der Waals surface area contributed by atoms with Crippen LogP contribution in [0.15, 0.2) is 72.6 Å². The predicted octanol–water partition coefficient (Wildman–Crippen LogP) is 3.34. The zero-order valence-electron chi connectivity index (χ0n) is 30.7. The molecule has 0 fully saturated rings. The zero-order valence-corrected chi connectivity index (χ0v) is 33.1. The molecule has 0 unspecified atom stereocenters. The van der Waals surface area contributed by atoms with Crippen molar-refractivity contribution in [3.05, 3.63) is 117 Å². The van der Waals surface area contributed by atoms with E-state index in [0.29, 0.717) is 28.6 Å². The largest absolute Gasteiger partial charge is 1.00 e. The van der Waals surface area contributed by atoms with Gasteiger partial charge in [-0.2, -0.15) is 18.4 Å². The molecule has 0 bridgehead atoms. The second-order valence-electron chi connectivity index (χ2n) is 13.0. The van der Waals surface area contributed by atoms with Gasteiger partial charge in [0, 0.05) is 39.6 Å². The molecule has 5 aromatic rings. The second kappa shape index (κ2) is 19.2. The van der Waals surface area contributed by atoms with Crippen LogP contribution in [-0.2, 0) is 28.3 Å². The monoisotopic (exact) mass is 864 g/mol. The van der Waals surface area contributed by atoms with Gasteiger partial charge >= 0.3 is 18.1 Å². The van der Waals surface area contributed by atoms with Gasteiger partial charge in [0.05, 0.1) is 35.4 Å². The van der Waals surface area contributed by atoms with E-state index in [1.54, 1.807) is 43.8 Å². The standard InChI is InChI=1S/C36H37F2N6O3S.C2HF3O2.BrH/c1-22(2)40-16-33(45)47-34-23(3)12-27(13-24(34)4)17-43-20-41-44(21-43)19-36(46,30-11-10-29(37)14-31(30)38)25(5)35-42-32(18-48-35)28-8-6-26(15-39)7-9-28;3-2(4,5)1(6)7;/h6-14,18,20-22,25,40,46H,16-17,19H2,1-5H3;(H,6,7);1H/q+1;;/p-1/t25-,36+;;/m0../s1. The molecule has 2 atom stereocenters. The Balaban J connectivity index is 0.000000960. The molecule has 0 spiro atoms. The van der Waals surface area contributed by atoms with Crippen LogP contribution in [0.5, 0.6) is 5.75 Å². The number of carbonyl (C=O) groups excluding carboxylic acids is 1. The molecule has 0 aliphatic rings. The molecular formula is C38H38BrF5N6O5S.